The minimum atomic E-state index is -3.40. The molecule has 1 fully saturated rings. The highest BCUT2D eigenvalue weighted by Gasteiger charge is 2.28. The molecule has 21 heavy (non-hydrogen) atoms. The Labute approximate surface area is 127 Å². The van der Waals surface area contributed by atoms with Crippen molar-refractivity contribution in [1.82, 2.24) is 24.3 Å². The van der Waals surface area contributed by atoms with Crippen LogP contribution in [0.4, 0.5) is 0 Å². The lowest BCUT2D eigenvalue weighted by atomic mass is 10.4. The van der Waals surface area contributed by atoms with Crippen LogP contribution in [0.1, 0.15) is 13.3 Å². The van der Waals surface area contributed by atoms with Gasteiger partial charge in [0.25, 0.3) is 0 Å². The zero-order valence-corrected chi connectivity index (χ0v) is 13.6. The van der Waals surface area contributed by atoms with Gasteiger partial charge in [-0.1, -0.05) is 6.92 Å². The number of aromatic nitrogens is 2. The van der Waals surface area contributed by atoms with Gasteiger partial charge in [-0.3, -0.25) is 4.68 Å². The van der Waals surface area contributed by atoms with Crippen molar-refractivity contribution in [1.29, 1.82) is 0 Å². The van der Waals surface area contributed by atoms with Crippen molar-refractivity contribution >= 4 is 10.0 Å². The van der Waals surface area contributed by atoms with Gasteiger partial charge in [-0.25, -0.2) is 8.42 Å². The van der Waals surface area contributed by atoms with Gasteiger partial charge >= 0.3 is 0 Å². The Kier molecular flexibility index (Phi) is 5.74. The minimum Gasteiger partial charge on any atom is -0.315 e. The quantitative estimate of drug-likeness (QED) is 0.707. The van der Waals surface area contributed by atoms with E-state index in [0.29, 0.717) is 24.5 Å². The molecule has 7 nitrogen and oxygen atoms in total. The standard InChI is InChI=1S/C13H25N5O2S/c1-3-4-14-5-6-17-12-13(11-15-17)21(19,20)18-9-7-16(2)8-10-18/h11-12,14H,3-10H2,1-2H3. The third kappa shape index (κ3) is 4.26. The highest BCUT2D eigenvalue weighted by molar-refractivity contribution is 7.89. The fourth-order valence-corrected chi connectivity index (χ4v) is 3.65. The van der Waals surface area contributed by atoms with E-state index in [9.17, 15) is 8.42 Å². The summed E-state index contributed by atoms with van der Waals surface area (Å²) in [6, 6.07) is 0. The largest absolute Gasteiger partial charge is 0.315 e. The van der Waals surface area contributed by atoms with E-state index >= 15 is 0 Å². The van der Waals surface area contributed by atoms with Crippen LogP contribution in [0.3, 0.4) is 0 Å². The topological polar surface area (TPSA) is 70.5 Å². The van der Waals surface area contributed by atoms with Crippen molar-refractivity contribution in [2.24, 2.45) is 0 Å². The van der Waals surface area contributed by atoms with Crippen molar-refractivity contribution in [3.05, 3.63) is 12.4 Å². The smallest absolute Gasteiger partial charge is 0.246 e. The number of nitrogens with zero attached hydrogens (tertiary/aromatic N) is 4. The predicted octanol–water partition coefficient (Wildman–Crippen LogP) is -0.181. The molecule has 1 aromatic rings. The Hall–Kier alpha value is -0.960. The molecule has 0 radical (unpaired) electrons. The average Bonchev–Trinajstić information content (AvgIpc) is 2.94. The molecule has 0 bridgehead atoms. The van der Waals surface area contributed by atoms with Crippen molar-refractivity contribution in [3.63, 3.8) is 0 Å². The molecule has 2 rings (SSSR count). The van der Waals surface area contributed by atoms with E-state index in [4.69, 9.17) is 0 Å². The van der Waals surface area contributed by atoms with Crippen LogP contribution in [-0.4, -0.2) is 73.7 Å². The summed E-state index contributed by atoms with van der Waals surface area (Å²) in [7, 11) is -1.39. The molecule has 1 aromatic heterocycles. The van der Waals surface area contributed by atoms with E-state index in [0.717, 1.165) is 32.6 Å². The third-order valence-corrected chi connectivity index (χ3v) is 5.51. The number of rotatable bonds is 7. The van der Waals surface area contributed by atoms with Crippen LogP contribution >= 0.6 is 0 Å². The van der Waals surface area contributed by atoms with Crippen LogP contribution in [0.25, 0.3) is 0 Å². The monoisotopic (exact) mass is 315 g/mol. The first-order valence-corrected chi connectivity index (χ1v) is 8.90. The van der Waals surface area contributed by atoms with Crippen LogP contribution < -0.4 is 5.32 Å². The number of sulfonamides is 1. The second kappa shape index (κ2) is 7.35. The van der Waals surface area contributed by atoms with Gasteiger partial charge in [0.2, 0.25) is 10.0 Å². The summed E-state index contributed by atoms with van der Waals surface area (Å²) < 4.78 is 28.3. The van der Waals surface area contributed by atoms with Crippen LogP contribution in [0.15, 0.2) is 17.3 Å². The maximum Gasteiger partial charge on any atom is 0.246 e. The van der Waals surface area contributed by atoms with Gasteiger partial charge in [-0.05, 0) is 20.0 Å². The molecule has 0 saturated carbocycles. The van der Waals surface area contributed by atoms with Crippen molar-refractivity contribution in [2.75, 3.05) is 46.3 Å². The van der Waals surface area contributed by atoms with Crippen LogP contribution in [0.5, 0.6) is 0 Å². The highest BCUT2D eigenvalue weighted by Crippen LogP contribution is 2.16. The summed E-state index contributed by atoms with van der Waals surface area (Å²) in [5, 5.41) is 7.42. The maximum absolute atomic E-state index is 12.5. The Morgan fingerprint density at radius 3 is 2.62 bits per heavy atom. The summed E-state index contributed by atoms with van der Waals surface area (Å²) in [6.45, 7) is 7.18. The molecule has 2 heterocycles. The first kappa shape index (κ1) is 16.4. The Morgan fingerprint density at radius 1 is 1.24 bits per heavy atom. The van der Waals surface area contributed by atoms with Gasteiger partial charge in [0.1, 0.15) is 4.90 Å². The molecule has 0 aromatic carbocycles. The molecule has 0 unspecified atom stereocenters. The molecule has 1 aliphatic rings. The summed E-state index contributed by atoms with van der Waals surface area (Å²) in [5.41, 5.74) is 0. The van der Waals surface area contributed by atoms with Gasteiger partial charge in [0.15, 0.2) is 0 Å². The normalized spacial score (nSPS) is 18.2. The Balaban J connectivity index is 1.96. The SMILES string of the molecule is CCCNCCn1cc(S(=O)(=O)N2CCN(C)CC2)cn1. The van der Waals surface area contributed by atoms with E-state index in [1.807, 2.05) is 7.05 Å². The number of nitrogens with one attached hydrogen (secondary N) is 1. The van der Waals surface area contributed by atoms with E-state index < -0.39 is 10.0 Å². The second-order valence-corrected chi connectivity index (χ2v) is 7.33. The van der Waals surface area contributed by atoms with Crippen molar-refractivity contribution < 1.29 is 8.42 Å². The van der Waals surface area contributed by atoms with Crippen molar-refractivity contribution in [2.45, 2.75) is 24.8 Å². The third-order valence-electron chi connectivity index (χ3n) is 3.65. The van der Waals surface area contributed by atoms with Gasteiger partial charge < -0.3 is 10.2 Å². The molecule has 1 N–H and O–H groups in total. The first-order chi connectivity index (χ1) is 10.0. The number of likely N-dealkylation sites (N-methyl/N-ethyl adjacent to an activating group) is 1. The van der Waals surface area contributed by atoms with Gasteiger partial charge in [-0.15, -0.1) is 0 Å². The molecule has 1 aliphatic heterocycles. The van der Waals surface area contributed by atoms with Crippen LogP contribution in [0.2, 0.25) is 0 Å². The zero-order chi connectivity index (χ0) is 15.3. The molecule has 1 saturated heterocycles. The predicted molar refractivity (Wildman–Crippen MR) is 81.6 cm³/mol. The van der Waals surface area contributed by atoms with Gasteiger partial charge in [0, 0.05) is 38.9 Å². The molecule has 0 amide bonds. The van der Waals surface area contributed by atoms with E-state index in [1.54, 1.807) is 15.2 Å². The van der Waals surface area contributed by atoms with Crippen LogP contribution in [0, 0.1) is 0 Å². The molecular weight excluding hydrogens is 290 g/mol. The molecule has 8 heteroatoms. The lowest BCUT2D eigenvalue weighted by molar-refractivity contribution is 0.222. The lowest BCUT2D eigenvalue weighted by Crippen LogP contribution is -2.46. The molecular formula is C13H25N5O2S. The van der Waals surface area contributed by atoms with E-state index in [1.165, 1.54) is 6.20 Å². The minimum absolute atomic E-state index is 0.294. The zero-order valence-electron chi connectivity index (χ0n) is 12.8. The summed E-state index contributed by atoms with van der Waals surface area (Å²) in [5.74, 6) is 0. The first-order valence-electron chi connectivity index (χ1n) is 7.46. The maximum atomic E-state index is 12.5. The van der Waals surface area contributed by atoms with Gasteiger partial charge in [0.05, 0.1) is 12.7 Å². The Morgan fingerprint density at radius 2 is 1.95 bits per heavy atom. The van der Waals surface area contributed by atoms with Crippen LogP contribution in [-0.2, 0) is 16.6 Å². The second-order valence-electron chi connectivity index (χ2n) is 5.40. The number of piperazine rings is 1. The van der Waals surface area contributed by atoms with E-state index in [2.05, 4.69) is 22.2 Å². The lowest BCUT2D eigenvalue weighted by Gasteiger charge is -2.31. The molecule has 120 valence electrons. The highest BCUT2D eigenvalue weighted by atomic mass is 32.2. The van der Waals surface area contributed by atoms with Crippen molar-refractivity contribution in [3.8, 4) is 0 Å². The fraction of sp³-hybridized carbons (Fsp3) is 0.769. The summed E-state index contributed by atoms with van der Waals surface area (Å²) in [4.78, 5) is 2.43. The Bertz CT molecular complexity index is 535. The number of hydrogen-bond acceptors (Lipinski definition) is 5. The van der Waals surface area contributed by atoms with E-state index in [-0.39, 0.29) is 0 Å². The average molecular weight is 315 g/mol. The van der Waals surface area contributed by atoms with Gasteiger partial charge in [-0.2, -0.15) is 9.40 Å². The molecule has 0 aliphatic carbocycles. The fourth-order valence-electron chi connectivity index (χ4n) is 2.27. The summed E-state index contributed by atoms with van der Waals surface area (Å²) >= 11 is 0. The molecule has 0 atom stereocenters. The number of hydrogen-bond donors (Lipinski definition) is 1. The summed E-state index contributed by atoms with van der Waals surface area (Å²) in [6.07, 6.45) is 4.16. The molecule has 0 spiro atoms.